The summed E-state index contributed by atoms with van der Waals surface area (Å²) in [5, 5.41) is 23.9. The zero-order valence-electron chi connectivity index (χ0n) is 18.8. The van der Waals surface area contributed by atoms with Gasteiger partial charge in [-0.1, -0.05) is 11.6 Å². The summed E-state index contributed by atoms with van der Waals surface area (Å²) in [5.74, 6) is 1.01. The number of anilines is 1. The van der Waals surface area contributed by atoms with E-state index in [-0.39, 0.29) is 12.2 Å². The quantitative estimate of drug-likeness (QED) is 0.278. The third kappa shape index (κ3) is 4.32. The number of fused-ring (bicyclic) bond motifs is 1. The maximum atomic E-state index is 11.8. The first-order chi connectivity index (χ1) is 16.3. The van der Waals surface area contributed by atoms with E-state index in [0.29, 0.717) is 22.2 Å². The van der Waals surface area contributed by atoms with Crippen LogP contribution in [0.2, 0.25) is 5.02 Å². The maximum Gasteiger partial charge on any atom is 0.270 e. The highest BCUT2D eigenvalue weighted by Gasteiger charge is 2.54. The van der Waals surface area contributed by atoms with Crippen molar-refractivity contribution in [3.63, 3.8) is 0 Å². The van der Waals surface area contributed by atoms with Crippen molar-refractivity contribution in [3.05, 3.63) is 81.4 Å². The van der Waals surface area contributed by atoms with Gasteiger partial charge < -0.3 is 29.2 Å². The molecule has 3 aromatic rings. The molecule has 1 aliphatic rings. The van der Waals surface area contributed by atoms with Gasteiger partial charge in [-0.25, -0.2) is 4.98 Å². The molecular formula is C23H25ClN4O6. The number of benzene rings is 2. The van der Waals surface area contributed by atoms with Crippen LogP contribution in [0, 0.1) is 10.1 Å². The van der Waals surface area contributed by atoms with Gasteiger partial charge in [0, 0.05) is 55.0 Å². The largest absolute Gasteiger partial charge is 0.479 e. The Morgan fingerprint density at radius 2 is 2.00 bits per heavy atom. The van der Waals surface area contributed by atoms with Crippen LogP contribution in [0.3, 0.4) is 0 Å². The van der Waals surface area contributed by atoms with Crippen LogP contribution >= 0.6 is 11.6 Å². The van der Waals surface area contributed by atoms with E-state index in [1.54, 1.807) is 31.5 Å². The maximum absolute atomic E-state index is 11.8. The summed E-state index contributed by atoms with van der Waals surface area (Å²) in [6.07, 6.45) is 1.18. The number of nitrogens with one attached hydrogen (secondary N) is 1. The van der Waals surface area contributed by atoms with Gasteiger partial charge in [-0.3, -0.25) is 10.1 Å². The minimum atomic E-state index is -1.34. The van der Waals surface area contributed by atoms with Crippen molar-refractivity contribution < 1.29 is 24.2 Å². The Balaban J connectivity index is 1.92. The Morgan fingerprint density at radius 3 is 2.59 bits per heavy atom. The molecule has 0 unspecified atom stereocenters. The number of nitrogens with zero attached hydrogens (tertiary/aromatic N) is 3. The molecule has 2 aromatic carbocycles. The summed E-state index contributed by atoms with van der Waals surface area (Å²) in [7, 11) is 2.91. The van der Waals surface area contributed by atoms with Crippen molar-refractivity contribution in [1.29, 1.82) is 0 Å². The van der Waals surface area contributed by atoms with Crippen molar-refractivity contribution in [2.75, 3.05) is 19.1 Å². The molecule has 34 heavy (non-hydrogen) atoms. The first-order valence-electron chi connectivity index (χ1n) is 10.5. The normalized spacial score (nSPS) is 21.7. The van der Waals surface area contributed by atoms with Crippen molar-refractivity contribution in [2.24, 2.45) is 0 Å². The fraction of sp³-hybridized carbons (Fsp3) is 0.348. The van der Waals surface area contributed by atoms with E-state index >= 15 is 0 Å². The summed E-state index contributed by atoms with van der Waals surface area (Å²) in [4.78, 5) is 20.4. The second-order valence-electron chi connectivity index (χ2n) is 8.10. The van der Waals surface area contributed by atoms with E-state index in [9.17, 15) is 15.2 Å². The van der Waals surface area contributed by atoms with Gasteiger partial charge in [-0.15, -0.1) is 0 Å². The minimum Gasteiger partial charge on any atom is -0.479 e. The molecule has 10 nitrogen and oxygen atoms in total. The van der Waals surface area contributed by atoms with E-state index in [4.69, 9.17) is 25.8 Å². The Labute approximate surface area is 201 Å². The summed E-state index contributed by atoms with van der Waals surface area (Å²) >= 11 is 6.12. The number of imidazole rings is 1. The Morgan fingerprint density at radius 1 is 1.29 bits per heavy atom. The zero-order chi connectivity index (χ0) is 24.5. The fourth-order valence-electron chi connectivity index (χ4n) is 4.37. The number of H-pyrrole nitrogens is 1. The highest BCUT2D eigenvalue weighted by atomic mass is 35.5. The molecule has 0 radical (unpaired) electrons. The lowest BCUT2D eigenvalue weighted by atomic mass is 9.83. The summed E-state index contributed by atoms with van der Waals surface area (Å²) in [5.41, 5.74) is -0.290. The van der Waals surface area contributed by atoms with Gasteiger partial charge in [0.15, 0.2) is 11.9 Å². The Hall–Kier alpha value is -3.18. The zero-order valence-corrected chi connectivity index (χ0v) is 19.6. The molecule has 11 heteroatoms. The number of aromatic amines is 1. The summed E-state index contributed by atoms with van der Waals surface area (Å²) < 4.78 is 17.1. The summed E-state index contributed by atoms with van der Waals surface area (Å²) in [6, 6.07) is 10.6. The fourth-order valence-corrected chi connectivity index (χ4v) is 4.50. The van der Waals surface area contributed by atoms with Gasteiger partial charge in [-0.05, 0) is 37.3 Å². The Kier molecular flexibility index (Phi) is 6.76. The molecule has 3 atom stereocenters. The second kappa shape index (κ2) is 9.59. The molecule has 2 N–H and O–H groups in total. The first kappa shape index (κ1) is 24.0. The smallest absolute Gasteiger partial charge is 0.270 e. The molecule has 1 aromatic heterocycles. The predicted molar refractivity (Wildman–Crippen MR) is 125 cm³/mol. The molecule has 4 rings (SSSR count). The van der Waals surface area contributed by atoms with Crippen molar-refractivity contribution in [3.8, 4) is 5.75 Å². The van der Waals surface area contributed by atoms with Crippen molar-refractivity contribution in [2.45, 2.75) is 37.5 Å². The molecule has 0 fully saturated rings. The number of nitro benzene ring substituents is 1. The number of hydrogen-bond acceptors (Lipinski definition) is 8. The first-order valence-corrected chi connectivity index (χ1v) is 10.9. The second-order valence-corrected chi connectivity index (χ2v) is 8.53. The molecule has 0 spiro atoms. The highest BCUT2D eigenvalue weighted by Crippen LogP contribution is 2.47. The molecule has 0 bridgehead atoms. The molecule has 2 heterocycles. The van der Waals surface area contributed by atoms with E-state index < -0.39 is 29.0 Å². The average Bonchev–Trinajstić information content (AvgIpc) is 3.33. The van der Waals surface area contributed by atoms with Crippen molar-refractivity contribution in [1.82, 2.24) is 9.97 Å². The summed E-state index contributed by atoms with van der Waals surface area (Å²) in [6.45, 7) is 1.94. The number of aliphatic hydroxyl groups is 1. The number of nitro groups is 1. The van der Waals surface area contributed by atoms with E-state index in [2.05, 4.69) is 9.97 Å². The van der Waals surface area contributed by atoms with Crippen LogP contribution in [0.4, 0.5) is 11.4 Å². The minimum absolute atomic E-state index is 0.118. The highest BCUT2D eigenvalue weighted by molar-refractivity contribution is 6.30. The van der Waals surface area contributed by atoms with Crippen LogP contribution in [0.5, 0.6) is 5.75 Å². The molecule has 0 saturated carbocycles. The van der Waals surface area contributed by atoms with E-state index in [1.807, 2.05) is 17.0 Å². The number of rotatable bonds is 8. The molecule has 180 valence electrons. The molecule has 1 aliphatic heterocycles. The Bertz CT molecular complexity index is 1140. The van der Waals surface area contributed by atoms with E-state index in [0.717, 1.165) is 5.69 Å². The lowest BCUT2D eigenvalue weighted by Gasteiger charge is -2.49. The van der Waals surface area contributed by atoms with Gasteiger partial charge >= 0.3 is 0 Å². The number of aromatic nitrogens is 2. The van der Waals surface area contributed by atoms with Gasteiger partial charge in [-0.2, -0.15) is 0 Å². The van der Waals surface area contributed by atoms with Gasteiger partial charge in [0.05, 0.1) is 17.5 Å². The molecule has 0 aliphatic carbocycles. The standard InChI is InChI=1S/C23H25ClN4O6/c1-23(22(32-2)33-3)21(29)20(17-12-16(28(30)31)8-9-18(17)34-23)27(13-19-25-10-11-26-19)15-6-4-14(24)5-7-15/h4-12,20-22,29H,13H2,1-3H3,(H,25,26)/t20-,21+,23+/m0/s1. The number of halogens is 1. The van der Waals surface area contributed by atoms with Crippen LogP contribution in [0.1, 0.15) is 24.4 Å². The van der Waals surface area contributed by atoms with Crippen molar-refractivity contribution >= 4 is 23.0 Å². The third-order valence-electron chi connectivity index (χ3n) is 6.00. The van der Waals surface area contributed by atoms with E-state index in [1.165, 1.54) is 32.4 Å². The van der Waals surface area contributed by atoms with Gasteiger partial charge in [0.1, 0.15) is 17.7 Å². The van der Waals surface area contributed by atoms with Crippen LogP contribution in [-0.2, 0) is 16.0 Å². The monoisotopic (exact) mass is 488 g/mol. The van der Waals surface area contributed by atoms with Gasteiger partial charge in [0.25, 0.3) is 5.69 Å². The van der Waals surface area contributed by atoms with Crippen LogP contribution in [-0.4, -0.2) is 52.2 Å². The number of methoxy groups -OCH3 is 2. The molecule has 0 saturated heterocycles. The lowest BCUT2D eigenvalue weighted by Crippen LogP contribution is -2.62. The van der Waals surface area contributed by atoms with Crippen LogP contribution in [0.25, 0.3) is 0 Å². The third-order valence-corrected chi connectivity index (χ3v) is 6.26. The molecular weight excluding hydrogens is 464 g/mol. The predicted octanol–water partition coefficient (Wildman–Crippen LogP) is 3.85. The molecule has 0 amide bonds. The SMILES string of the molecule is COC(OC)[C@]1(C)Oc2ccc([N+](=O)[O-])cc2[C@H](N(Cc2ncc[nH]2)c2ccc(Cl)cc2)[C@H]1O. The van der Waals surface area contributed by atoms with Crippen LogP contribution in [0.15, 0.2) is 54.9 Å². The lowest BCUT2D eigenvalue weighted by molar-refractivity contribution is -0.385. The average molecular weight is 489 g/mol. The number of hydrogen-bond donors (Lipinski definition) is 2. The number of aliphatic hydroxyl groups excluding tert-OH is 1. The number of non-ortho nitro benzene ring substituents is 1. The number of ether oxygens (including phenoxy) is 3. The topological polar surface area (TPSA) is 123 Å². The van der Waals surface area contributed by atoms with Gasteiger partial charge in [0.2, 0.25) is 0 Å². The van der Waals surface area contributed by atoms with Crippen LogP contribution < -0.4 is 9.64 Å².